The Morgan fingerprint density at radius 1 is 0.867 bits per heavy atom. The Bertz CT molecular complexity index is 1180. The Hall–Kier alpha value is -3.93. The van der Waals surface area contributed by atoms with Gasteiger partial charge in [-0.1, -0.05) is 36.4 Å². The van der Waals surface area contributed by atoms with Crippen molar-refractivity contribution in [2.45, 2.75) is 19.8 Å². The van der Waals surface area contributed by atoms with Gasteiger partial charge >= 0.3 is 0 Å². The number of hydrogen-bond donors (Lipinski definition) is 2. The van der Waals surface area contributed by atoms with Crippen molar-refractivity contribution < 1.29 is 9.59 Å². The van der Waals surface area contributed by atoms with Crippen LogP contribution in [-0.4, -0.2) is 21.2 Å². The summed E-state index contributed by atoms with van der Waals surface area (Å²) in [5.74, 6) is -0.207. The van der Waals surface area contributed by atoms with E-state index in [2.05, 4.69) is 10.6 Å². The summed E-state index contributed by atoms with van der Waals surface area (Å²) in [5.41, 5.74) is 5.18. The number of carbonyl (C=O) groups is 2. The second-order valence-electron chi connectivity index (χ2n) is 7.01. The van der Waals surface area contributed by atoms with Crippen LogP contribution in [0.25, 0.3) is 16.9 Å². The molecule has 2 heterocycles. The van der Waals surface area contributed by atoms with Gasteiger partial charge in [0.05, 0.1) is 11.4 Å². The van der Waals surface area contributed by atoms with Gasteiger partial charge in [-0.25, -0.2) is 4.98 Å². The number of imidazole rings is 1. The fraction of sp³-hybridized carbons (Fsp3) is 0.125. The number of benzene rings is 2. The lowest BCUT2D eigenvalue weighted by atomic mass is 10.1. The first-order valence-electron chi connectivity index (χ1n) is 9.79. The van der Waals surface area contributed by atoms with Crippen LogP contribution in [0.15, 0.2) is 79.0 Å². The lowest BCUT2D eigenvalue weighted by Crippen LogP contribution is -2.13. The highest BCUT2D eigenvalue weighted by molar-refractivity contribution is 5.92. The molecule has 0 spiro atoms. The van der Waals surface area contributed by atoms with E-state index in [0.29, 0.717) is 24.2 Å². The third-order valence-electron chi connectivity index (χ3n) is 4.75. The molecule has 4 aromatic rings. The van der Waals surface area contributed by atoms with Crippen molar-refractivity contribution >= 4 is 28.8 Å². The van der Waals surface area contributed by atoms with Crippen LogP contribution in [-0.2, 0) is 16.0 Å². The van der Waals surface area contributed by atoms with E-state index in [1.54, 1.807) is 24.3 Å². The first-order chi connectivity index (χ1) is 14.6. The number of fused-ring (bicyclic) bond motifs is 1. The van der Waals surface area contributed by atoms with Gasteiger partial charge in [0.2, 0.25) is 11.8 Å². The number of carbonyl (C=O) groups excluding carboxylic acids is 2. The van der Waals surface area contributed by atoms with E-state index in [0.717, 1.165) is 22.6 Å². The Balaban J connectivity index is 1.49. The van der Waals surface area contributed by atoms with Gasteiger partial charge < -0.3 is 15.0 Å². The molecule has 0 saturated heterocycles. The topological polar surface area (TPSA) is 75.5 Å². The van der Waals surface area contributed by atoms with Gasteiger partial charge in [0.1, 0.15) is 5.65 Å². The molecule has 0 aliphatic rings. The van der Waals surface area contributed by atoms with Crippen LogP contribution >= 0.6 is 0 Å². The van der Waals surface area contributed by atoms with Crippen LogP contribution in [0.2, 0.25) is 0 Å². The second-order valence-corrected chi connectivity index (χ2v) is 7.01. The average Bonchev–Trinajstić information content (AvgIpc) is 3.12. The summed E-state index contributed by atoms with van der Waals surface area (Å²) < 4.78 is 2.04. The number of aryl methyl sites for hydroxylation is 1. The highest BCUT2D eigenvalue weighted by Crippen LogP contribution is 2.25. The molecule has 0 unspecified atom stereocenters. The molecule has 150 valence electrons. The zero-order valence-corrected chi connectivity index (χ0v) is 16.6. The van der Waals surface area contributed by atoms with E-state index in [1.807, 2.05) is 59.1 Å². The Morgan fingerprint density at radius 3 is 2.23 bits per heavy atom. The SMILES string of the molecule is CC(=O)Nc1ccc(NC(=O)CCc2c(-c3ccccc3)nc3ccccn23)cc1. The number of pyridine rings is 1. The van der Waals surface area contributed by atoms with Gasteiger partial charge in [-0.15, -0.1) is 0 Å². The molecule has 0 radical (unpaired) electrons. The number of anilines is 2. The largest absolute Gasteiger partial charge is 0.326 e. The highest BCUT2D eigenvalue weighted by Gasteiger charge is 2.15. The third-order valence-corrected chi connectivity index (χ3v) is 4.75. The van der Waals surface area contributed by atoms with E-state index >= 15 is 0 Å². The van der Waals surface area contributed by atoms with Crippen LogP contribution in [0.3, 0.4) is 0 Å². The van der Waals surface area contributed by atoms with Gasteiger partial charge in [0.25, 0.3) is 0 Å². The molecule has 0 saturated carbocycles. The molecule has 0 fully saturated rings. The van der Waals surface area contributed by atoms with E-state index < -0.39 is 0 Å². The monoisotopic (exact) mass is 398 g/mol. The summed E-state index contributed by atoms with van der Waals surface area (Å²) >= 11 is 0. The fourth-order valence-electron chi connectivity index (χ4n) is 3.41. The molecule has 0 aliphatic heterocycles. The predicted octanol–water partition coefficient (Wildman–Crippen LogP) is 4.53. The zero-order chi connectivity index (χ0) is 20.9. The second kappa shape index (κ2) is 8.61. The van der Waals surface area contributed by atoms with Crippen LogP contribution in [0.4, 0.5) is 11.4 Å². The van der Waals surface area contributed by atoms with E-state index in [9.17, 15) is 9.59 Å². The molecule has 0 aliphatic carbocycles. The summed E-state index contributed by atoms with van der Waals surface area (Å²) in [6.07, 6.45) is 2.87. The van der Waals surface area contributed by atoms with E-state index in [-0.39, 0.29) is 11.8 Å². The smallest absolute Gasteiger partial charge is 0.224 e. The minimum absolute atomic E-state index is 0.0767. The molecular weight excluding hydrogens is 376 g/mol. The standard InChI is InChI=1S/C24H22N4O2/c1-17(29)25-19-10-12-20(13-11-19)26-23(30)15-14-21-24(18-7-3-2-4-8-18)27-22-9-5-6-16-28(21)22/h2-13,16H,14-15H2,1H3,(H,25,29)(H,26,30). The third kappa shape index (κ3) is 4.38. The minimum Gasteiger partial charge on any atom is -0.326 e. The molecule has 2 N–H and O–H groups in total. The highest BCUT2D eigenvalue weighted by atomic mass is 16.2. The first kappa shape index (κ1) is 19.4. The quantitative estimate of drug-likeness (QED) is 0.501. The minimum atomic E-state index is -0.131. The van der Waals surface area contributed by atoms with Gasteiger partial charge in [-0.2, -0.15) is 0 Å². The summed E-state index contributed by atoms with van der Waals surface area (Å²) in [6.45, 7) is 1.46. The lowest BCUT2D eigenvalue weighted by Gasteiger charge is -2.08. The van der Waals surface area contributed by atoms with Gasteiger partial charge in [0.15, 0.2) is 0 Å². The summed E-state index contributed by atoms with van der Waals surface area (Å²) in [5, 5.41) is 5.62. The van der Waals surface area contributed by atoms with E-state index in [4.69, 9.17) is 4.98 Å². The van der Waals surface area contributed by atoms with Crippen molar-refractivity contribution in [3.63, 3.8) is 0 Å². The maximum Gasteiger partial charge on any atom is 0.224 e. The Kier molecular flexibility index (Phi) is 5.57. The molecule has 0 bridgehead atoms. The van der Waals surface area contributed by atoms with Gasteiger partial charge in [-0.3, -0.25) is 9.59 Å². The maximum absolute atomic E-state index is 12.5. The van der Waals surface area contributed by atoms with Crippen molar-refractivity contribution in [1.82, 2.24) is 9.38 Å². The van der Waals surface area contributed by atoms with Crippen molar-refractivity contribution in [2.75, 3.05) is 10.6 Å². The normalized spacial score (nSPS) is 10.7. The van der Waals surface area contributed by atoms with Crippen molar-refractivity contribution in [3.05, 3.63) is 84.7 Å². The molecule has 0 atom stereocenters. The summed E-state index contributed by atoms with van der Waals surface area (Å²) in [6, 6.07) is 23.0. The molecule has 6 heteroatoms. The van der Waals surface area contributed by atoms with Crippen molar-refractivity contribution in [1.29, 1.82) is 0 Å². The van der Waals surface area contributed by atoms with Crippen LogP contribution < -0.4 is 10.6 Å². The maximum atomic E-state index is 12.5. The molecule has 4 rings (SSSR count). The molecule has 2 aromatic carbocycles. The number of aromatic nitrogens is 2. The molecule has 2 amide bonds. The average molecular weight is 398 g/mol. The molecule has 6 nitrogen and oxygen atoms in total. The number of hydrogen-bond acceptors (Lipinski definition) is 3. The van der Waals surface area contributed by atoms with Gasteiger partial charge in [0, 0.05) is 36.5 Å². The number of amides is 2. The zero-order valence-electron chi connectivity index (χ0n) is 16.6. The molecular formula is C24H22N4O2. The van der Waals surface area contributed by atoms with Crippen LogP contribution in [0, 0.1) is 0 Å². The van der Waals surface area contributed by atoms with Gasteiger partial charge in [-0.05, 0) is 42.8 Å². The summed E-state index contributed by atoms with van der Waals surface area (Å²) in [7, 11) is 0. The lowest BCUT2D eigenvalue weighted by molar-refractivity contribution is -0.116. The van der Waals surface area contributed by atoms with Crippen molar-refractivity contribution in [3.8, 4) is 11.3 Å². The molecule has 30 heavy (non-hydrogen) atoms. The molecule has 2 aromatic heterocycles. The number of rotatable bonds is 6. The fourth-order valence-corrected chi connectivity index (χ4v) is 3.41. The number of nitrogens with zero attached hydrogens (tertiary/aromatic N) is 2. The Labute approximate surface area is 174 Å². The number of nitrogens with one attached hydrogen (secondary N) is 2. The van der Waals surface area contributed by atoms with Crippen molar-refractivity contribution in [2.24, 2.45) is 0 Å². The predicted molar refractivity (Wildman–Crippen MR) is 118 cm³/mol. The first-order valence-corrected chi connectivity index (χ1v) is 9.79. The van der Waals surface area contributed by atoms with Crippen LogP contribution in [0.1, 0.15) is 19.0 Å². The Morgan fingerprint density at radius 2 is 1.53 bits per heavy atom. The summed E-state index contributed by atoms with van der Waals surface area (Å²) in [4.78, 5) is 28.4. The van der Waals surface area contributed by atoms with E-state index in [1.165, 1.54) is 6.92 Å². The van der Waals surface area contributed by atoms with Crippen LogP contribution in [0.5, 0.6) is 0 Å².